The van der Waals surface area contributed by atoms with Crippen molar-refractivity contribution in [3.8, 4) is 0 Å². The largest absolute Gasteiger partial charge is 0.352 e. The molecule has 4 nitrogen and oxygen atoms in total. The van der Waals surface area contributed by atoms with Crippen LogP contribution >= 0.6 is 0 Å². The Bertz CT molecular complexity index is 216. The molecule has 1 aliphatic heterocycles. The van der Waals surface area contributed by atoms with Gasteiger partial charge in [-0.15, -0.1) is 0 Å². The molecule has 1 aliphatic rings. The van der Waals surface area contributed by atoms with Gasteiger partial charge in [0, 0.05) is 12.6 Å². The molecule has 1 atom stereocenters. The number of carbonyl (C=O) groups excluding carboxylic acids is 2. The van der Waals surface area contributed by atoms with E-state index in [2.05, 4.69) is 10.2 Å². The van der Waals surface area contributed by atoms with Gasteiger partial charge in [-0.05, 0) is 26.9 Å². The first-order valence-electron chi connectivity index (χ1n) is 4.55. The molecule has 1 saturated heterocycles. The highest BCUT2D eigenvalue weighted by molar-refractivity contribution is 5.96. The van der Waals surface area contributed by atoms with Gasteiger partial charge in [-0.2, -0.15) is 0 Å². The van der Waals surface area contributed by atoms with Gasteiger partial charge in [0.25, 0.3) is 0 Å². The Labute approximate surface area is 78.3 Å². The lowest BCUT2D eigenvalue weighted by atomic mass is 10.2. The van der Waals surface area contributed by atoms with Crippen LogP contribution in [0.5, 0.6) is 0 Å². The number of hydrogen-bond acceptors (Lipinski definition) is 3. The molecule has 0 aromatic carbocycles. The fourth-order valence-corrected chi connectivity index (χ4v) is 1.56. The summed E-state index contributed by atoms with van der Waals surface area (Å²) in [5.41, 5.74) is 0. The van der Waals surface area contributed by atoms with Gasteiger partial charge in [0.2, 0.25) is 5.91 Å². The number of Topliss-reactive ketones (excluding diaryl/α,β-unsaturated/α-hetero) is 1. The van der Waals surface area contributed by atoms with Crippen LogP contribution in [0, 0.1) is 0 Å². The van der Waals surface area contributed by atoms with E-state index in [-0.39, 0.29) is 24.2 Å². The Kier molecular flexibility index (Phi) is 3.42. The summed E-state index contributed by atoms with van der Waals surface area (Å²) < 4.78 is 0. The van der Waals surface area contributed by atoms with Gasteiger partial charge in [-0.25, -0.2) is 0 Å². The fraction of sp³-hybridized carbons (Fsp3) is 0.778. The van der Waals surface area contributed by atoms with Gasteiger partial charge in [0.15, 0.2) is 0 Å². The topological polar surface area (TPSA) is 49.4 Å². The fourth-order valence-electron chi connectivity index (χ4n) is 1.56. The summed E-state index contributed by atoms with van der Waals surface area (Å²) in [6, 6.07) is 0.233. The van der Waals surface area contributed by atoms with E-state index >= 15 is 0 Å². The number of likely N-dealkylation sites (N-methyl/N-ethyl adjacent to an activating group) is 1. The standard InChI is InChI=1S/C9H16N2O2/c1-7(12)5-9(13)10-8-3-4-11(2)6-8/h8H,3-6H2,1-2H3,(H,10,13). The molecule has 1 unspecified atom stereocenters. The molecule has 4 heteroatoms. The highest BCUT2D eigenvalue weighted by atomic mass is 16.2. The minimum atomic E-state index is -0.146. The molecule has 1 N–H and O–H groups in total. The quantitative estimate of drug-likeness (QED) is 0.617. The molecule has 0 bridgehead atoms. The third-order valence-electron chi connectivity index (χ3n) is 2.17. The van der Waals surface area contributed by atoms with Crippen molar-refractivity contribution in [2.75, 3.05) is 20.1 Å². The zero-order chi connectivity index (χ0) is 9.84. The van der Waals surface area contributed by atoms with Gasteiger partial charge in [0.1, 0.15) is 5.78 Å². The van der Waals surface area contributed by atoms with Crippen LogP contribution in [0.2, 0.25) is 0 Å². The number of carbonyl (C=O) groups is 2. The summed E-state index contributed by atoms with van der Waals surface area (Å²) in [6.07, 6.45) is 1.00. The smallest absolute Gasteiger partial charge is 0.227 e. The summed E-state index contributed by atoms with van der Waals surface area (Å²) in [4.78, 5) is 24.0. The van der Waals surface area contributed by atoms with Crippen LogP contribution in [-0.4, -0.2) is 42.8 Å². The number of rotatable bonds is 3. The van der Waals surface area contributed by atoms with Crippen molar-refractivity contribution < 1.29 is 9.59 Å². The molecule has 0 aromatic heterocycles. The third-order valence-corrected chi connectivity index (χ3v) is 2.17. The Morgan fingerprint density at radius 1 is 1.54 bits per heavy atom. The van der Waals surface area contributed by atoms with Crippen molar-refractivity contribution >= 4 is 11.7 Å². The minimum Gasteiger partial charge on any atom is -0.352 e. The monoisotopic (exact) mass is 184 g/mol. The predicted octanol–water partition coefficient (Wildman–Crippen LogP) is -0.214. The Morgan fingerprint density at radius 3 is 2.69 bits per heavy atom. The maximum Gasteiger partial charge on any atom is 0.227 e. The van der Waals surface area contributed by atoms with E-state index in [0.717, 1.165) is 19.5 Å². The van der Waals surface area contributed by atoms with Crippen LogP contribution in [0.25, 0.3) is 0 Å². The SMILES string of the molecule is CC(=O)CC(=O)NC1CCN(C)C1. The third kappa shape index (κ3) is 3.55. The maximum absolute atomic E-state index is 11.2. The van der Waals surface area contributed by atoms with E-state index in [1.165, 1.54) is 6.92 Å². The summed E-state index contributed by atoms with van der Waals surface area (Å²) in [6.45, 7) is 3.34. The number of hydrogen-bond donors (Lipinski definition) is 1. The van der Waals surface area contributed by atoms with E-state index < -0.39 is 0 Å². The molecule has 1 fully saturated rings. The lowest BCUT2D eigenvalue weighted by molar-refractivity contribution is -0.127. The molecule has 0 aromatic rings. The van der Waals surface area contributed by atoms with Gasteiger partial charge >= 0.3 is 0 Å². The molecule has 1 rings (SSSR count). The second-order valence-corrected chi connectivity index (χ2v) is 3.69. The van der Waals surface area contributed by atoms with Crippen LogP contribution in [0.15, 0.2) is 0 Å². The van der Waals surface area contributed by atoms with Gasteiger partial charge in [-0.3, -0.25) is 9.59 Å². The average Bonchev–Trinajstić information content (AvgIpc) is 2.33. The molecule has 0 radical (unpaired) electrons. The molecule has 1 heterocycles. The second kappa shape index (κ2) is 4.37. The first-order valence-corrected chi connectivity index (χ1v) is 4.55. The summed E-state index contributed by atoms with van der Waals surface area (Å²) >= 11 is 0. The summed E-state index contributed by atoms with van der Waals surface area (Å²) in [5.74, 6) is -0.225. The molecule has 74 valence electrons. The Hall–Kier alpha value is -0.900. The van der Waals surface area contributed by atoms with Crippen molar-refractivity contribution in [2.24, 2.45) is 0 Å². The van der Waals surface area contributed by atoms with E-state index in [4.69, 9.17) is 0 Å². The molecule has 13 heavy (non-hydrogen) atoms. The second-order valence-electron chi connectivity index (χ2n) is 3.69. The normalized spacial score (nSPS) is 23.1. The number of amides is 1. The first-order chi connectivity index (χ1) is 6.08. The number of ketones is 1. The lowest BCUT2D eigenvalue weighted by Crippen LogP contribution is -2.37. The zero-order valence-corrected chi connectivity index (χ0v) is 8.17. The van der Waals surface area contributed by atoms with Crippen LogP contribution in [0.4, 0.5) is 0 Å². The summed E-state index contributed by atoms with van der Waals surface area (Å²) in [5, 5.41) is 2.84. The maximum atomic E-state index is 11.2. The molecular weight excluding hydrogens is 168 g/mol. The molecular formula is C9H16N2O2. The Morgan fingerprint density at radius 2 is 2.23 bits per heavy atom. The average molecular weight is 184 g/mol. The van der Waals surface area contributed by atoms with Gasteiger partial charge < -0.3 is 10.2 Å². The van der Waals surface area contributed by atoms with Crippen molar-refractivity contribution in [3.05, 3.63) is 0 Å². The van der Waals surface area contributed by atoms with Crippen LogP contribution < -0.4 is 5.32 Å². The van der Waals surface area contributed by atoms with Crippen molar-refractivity contribution in [3.63, 3.8) is 0 Å². The van der Waals surface area contributed by atoms with Crippen LogP contribution in [0.3, 0.4) is 0 Å². The van der Waals surface area contributed by atoms with E-state index in [0.29, 0.717) is 0 Å². The van der Waals surface area contributed by atoms with Gasteiger partial charge in [-0.1, -0.05) is 0 Å². The van der Waals surface area contributed by atoms with E-state index in [1.807, 2.05) is 7.05 Å². The number of nitrogens with zero attached hydrogens (tertiary/aromatic N) is 1. The molecule has 0 saturated carbocycles. The molecule has 0 spiro atoms. The molecule has 0 aliphatic carbocycles. The first kappa shape index (κ1) is 10.2. The minimum absolute atomic E-state index is 0.0141. The molecule has 1 amide bonds. The van der Waals surface area contributed by atoms with E-state index in [1.54, 1.807) is 0 Å². The number of nitrogens with one attached hydrogen (secondary N) is 1. The van der Waals surface area contributed by atoms with Gasteiger partial charge in [0.05, 0.1) is 6.42 Å². The Balaban J connectivity index is 2.24. The van der Waals surface area contributed by atoms with Crippen LogP contribution in [-0.2, 0) is 9.59 Å². The van der Waals surface area contributed by atoms with Crippen molar-refractivity contribution in [1.82, 2.24) is 10.2 Å². The highest BCUT2D eigenvalue weighted by Gasteiger charge is 2.20. The van der Waals surface area contributed by atoms with Crippen molar-refractivity contribution in [2.45, 2.75) is 25.8 Å². The predicted molar refractivity (Wildman–Crippen MR) is 49.3 cm³/mol. The zero-order valence-electron chi connectivity index (χ0n) is 8.17. The highest BCUT2D eigenvalue weighted by Crippen LogP contribution is 2.05. The number of likely N-dealkylation sites (tertiary alicyclic amines) is 1. The van der Waals surface area contributed by atoms with Crippen molar-refractivity contribution in [1.29, 1.82) is 0 Å². The van der Waals surface area contributed by atoms with Crippen LogP contribution in [0.1, 0.15) is 19.8 Å². The van der Waals surface area contributed by atoms with E-state index in [9.17, 15) is 9.59 Å². The summed E-state index contributed by atoms with van der Waals surface area (Å²) in [7, 11) is 2.02. The lowest BCUT2D eigenvalue weighted by Gasteiger charge is -2.11.